The summed E-state index contributed by atoms with van der Waals surface area (Å²) in [6, 6.07) is 7.77. The summed E-state index contributed by atoms with van der Waals surface area (Å²) in [6.45, 7) is 5.94. The molecule has 1 aromatic carbocycles. The van der Waals surface area contributed by atoms with Crippen molar-refractivity contribution >= 4 is 11.6 Å². The third-order valence-electron chi connectivity index (χ3n) is 2.92. The first kappa shape index (κ1) is 14.6. The molecule has 3 heteroatoms. The lowest BCUT2D eigenvalue weighted by molar-refractivity contribution is -0.131. The van der Waals surface area contributed by atoms with E-state index in [9.17, 15) is 4.79 Å². The topological polar surface area (TPSA) is 46.3 Å². The Morgan fingerprint density at radius 2 is 1.89 bits per heavy atom. The Hall–Kier alpha value is -1.51. The lowest BCUT2D eigenvalue weighted by Crippen LogP contribution is -2.32. The van der Waals surface area contributed by atoms with Gasteiger partial charge in [0.1, 0.15) is 0 Å². The molecule has 0 heterocycles. The zero-order valence-corrected chi connectivity index (χ0v) is 11.5. The van der Waals surface area contributed by atoms with Gasteiger partial charge in [0.2, 0.25) is 5.91 Å². The number of nitrogens with two attached hydrogens (primary N) is 1. The van der Waals surface area contributed by atoms with Gasteiger partial charge in [-0.25, -0.2) is 0 Å². The Bertz CT molecular complexity index is 371. The van der Waals surface area contributed by atoms with Gasteiger partial charge in [0, 0.05) is 25.2 Å². The SMILES string of the molecule is CCCN(CCC)C(=O)CCc1cccc(N)c1. The van der Waals surface area contributed by atoms with Gasteiger partial charge in [-0.15, -0.1) is 0 Å². The van der Waals surface area contributed by atoms with Gasteiger partial charge in [-0.3, -0.25) is 4.79 Å². The molecular formula is C15H24N2O. The molecule has 1 aromatic rings. The van der Waals surface area contributed by atoms with E-state index in [-0.39, 0.29) is 5.91 Å². The Labute approximate surface area is 110 Å². The van der Waals surface area contributed by atoms with E-state index < -0.39 is 0 Å². The molecule has 2 N–H and O–H groups in total. The average Bonchev–Trinajstić information content (AvgIpc) is 2.36. The summed E-state index contributed by atoms with van der Waals surface area (Å²) >= 11 is 0. The Morgan fingerprint density at radius 1 is 1.22 bits per heavy atom. The molecule has 0 radical (unpaired) electrons. The number of nitrogen functional groups attached to an aromatic ring is 1. The van der Waals surface area contributed by atoms with Crippen LogP contribution in [0.3, 0.4) is 0 Å². The highest BCUT2D eigenvalue weighted by atomic mass is 16.2. The minimum Gasteiger partial charge on any atom is -0.399 e. The van der Waals surface area contributed by atoms with Crippen molar-refractivity contribution < 1.29 is 4.79 Å². The predicted octanol–water partition coefficient (Wildman–Crippen LogP) is 2.85. The average molecular weight is 248 g/mol. The van der Waals surface area contributed by atoms with Crippen LogP contribution in [-0.2, 0) is 11.2 Å². The van der Waals surface area contributed by atoms with Crippen LogP contribution in [0, 0.1) is 0 Å². The van der Waals surface area contributed by atoms with Gasteiger partial charge in [0.15, 0.2) is 0 Å². The molecule has 0 saturated carbocycles. The molecular weight excluding hydrogens is 224 g/mol. The first-order valence-corrected chi connectivity index (χ1v) is 6.79. The second-order valence-corrected chi connectivity index (χ2v) is 4.63. The Balaban J connectivity index is 2.48. The van der Waals surface area contributed by atoms with Crippen molar-refractivity contribution in [2.75, 3.05) is 18.8 Å². The largest absolute Gasteiger partial charge is 0.399 e. The molecule has 0 spiro atoms. The molecule has 18 heavy (non-hydrogen) atoms. The molecule has 100 valence electrons. The second kappa shape index (κ2) is 7.75. The third kappa shape index (κ3) is 4.78. The van der Waals surface area contributed by atoms with Crippen LogP contribution in [0.2, 0.25) is 0 Å². The van der Waals surface area contributed by atoms with Gasteiger partial charge >= 0.3 is 0 Å². The maximum Gasteiger partial charge on any atom is 0.222 e. The highest BCUT2D eigenvalue weighted by Gasteiger charge is 2.11. The Morgan fingerprint density at radius 3 is 2.44 bits per heavy atom. The fraction of sp³-hybridized carbons (Fsp3) is 0.533. The first-order valence-electron chi connectivity index (χ1n) is 6.79. The number of benzene rings is 1. The lowest BCUT2D eigenvalue weighted by atomic mass is 10.1. The van der Waals surface area contributed by atoms with Gasteiger partial charge in [0.05, 0.1) is 0 Å². The number of hydrogen-bond acceptors (Lipinski definition) is 2. The summed E-state index contributed by atoms with van der Waals surface area (Å²) in [4.78, 5) is 14.0. The summed E-state index contributed by atoms with van der Waals surface area (Å²) in [5.74, 6) is 0.251. The summed E-state index contributed by atoms with van der Waals surface area (Å²) in [7, 11) is 0. The van der Waals surface area contributed by atoms with E-state index in [0.29, 0.717) is 6.42 Å². The van der Waals surface area contributed by atoms with Crippen LogP contribution in [0.1, 0.15) is 38.7 Å². The molecule has 0 aliphatic carbocycles. The smallest absolute Gasteiger partial charge is 0.222 e. The van der Waals surface area contributed by atoms with Gasteiger partial charge in [0.25, 0.3) is 0 Å². The van der Waals surface area contributed by atoms with E-state index in [1.165, 1.54) is 0 Å². The van der Waals surface area contributed by atoms with Gasteiger partial charge < -0.3 is 10.6 Å². The zero-order chi connectivity index (χ0) is 13.4. The monoisotopic (exact) mass is 248 g/mol. The molecule has 1 rings (SSSR count). The quantitative estimate of drug-likeness (QED) is 0.754. The van der Waals surface area contributed by atoms with Crippen molar-refractivity contribution in [3.05, 3.63) is 29.8 Å². The van der Waals surface area contributed by atoms with Crippen molar-refractivity contribution in [3.63, 3.8) is 0 Å². The fourth-order valence-corrected chi connectivity index (χ4v) is 2.06. The van der Waals surface area contributed by atoms with Crippen molar-refractivity contribution in [1.29, 1.82) is 0 Å². The van der Waals surface area contributed by atoms with Gasteiger partial charge in [-0.1, -0.05) is 26.0 Å². The molecule has 0 fully saturated rings. The number of anilines is 1. The van der Waals surface area contributed by atoms with E-state index in [2.05, 4.69) is 13.8 Å². The fourth-order valence-electron chi connectivity index (χ4n) is 2.06. The van der Waals surface area contributed by atoms with E-state index in [1.54, 1.807) is 0 Å². The molecule has 0 atom stereocenters. The van der Waals surface area contributed by atoms with Crippen LogP contribution in [0.4, 0.5) is 5.69 Å². The minimum atomic E-state index is 0.251. The van der Waals surface area contributed by atoms with Crippen LogP contribution in [-0.4, -0.2) is 23.9 Å². The third-order valence-corrected chi connectivity index (χ3v) is 2.92. The van der Waals surface area contributed by atoms with E-state index in [0.717, 1.165) is 43.6 Å². The highest BCUT2D eigenvalue weighted by molar-refractivity contribution is 5.76. The number of amides is 1. The number of nitrogens with zero attached hydrogens (tertiary/aromatic N) is 1. The molecule has 0 unspecified atom stereocenters. The number of hydrogen-bond donors (Lipinski definition) is 1. The maximum absolute atomic E-state index is 12.1. The normalized spacial score (nSPS) is 10.3. The van der Waals surface area contributed by atoms with Crippen molar-refractivity contribution in [2.45, 2.75) is 39.5 Å². The number of rotatable bonds is 7. The number of aryl methyl sites for hydroxylation is 1. The van der Waals surface area contributed by atoms with Crippen molar-refractivity contribution in [3.8, 4) is 0 Å². The second-order valence-electron chi connectivity index (χ2n) is 4.63. The van der Waals surface area contributed by atoms with Crippen LogP contribution in [0.15, 0.2) is 24.3 Å². The molecule has 0 aromatic heterocycles. The summed E-state index contributed by atoms with van der Waals surface area (Å²) < 4.78 is 0. The number of carbonyl (C=O) groups is 1. The standard InChI is InChI=1S/C15H24N2O/c1-3-10-17(11-4-2)15(18)9-8-13-6-5-7-14(16)12-13/h5-7,12H,3-4,8-11,16H2,1-2H3. The highest BCUT2D eigenvalue weighted by Crippen LogP contribution is 2.10. The molecule has 0 bridgehead atoms. The zero-order valence-electron chi connectivity index (χ0n) is 11.5. The van der Waals surface area contributed by atoms with Crippen LogP contribution < -0.4 is 5.73 Å². The molecule has 0 saturated heterocycles. The van der Waals surface area contributed by atoms with Crippen molar-refractivity contribution in [2.24, 2.45) is 0 Å². The summed E-state index contributed by atoms with van der Waals surface area (Å²) in [6.07, 6.45) is 3.38. The molecule has 3 nitrogen and oxygen atoms in total. The van der Waals surface area contributed by atoms with Gasteiger partial charge in [-0.2, -0.15) is 0 Å². The summed E-state index contributed by atoms with van der Waals surface area (Å²) in [5, 5.41) is 0. The van der Waals surface area contributed by atoms with E-state index >= 15 is 0 Å². The van der Waals surface area contributed by atoms with Crippen LogP contribution >= 0.6 is 0 Å². The van der Waals surface area contributed by atoms with Crippen LogP contribution in [0.25, 0.3) is 0 Å². The maximum atomic E-state index is 12.1. The number of carbonyl (C=O) groups excluding carboxylic acids is 1. The summed E-state index contributed by atoms with van der Waals surface area (Å²) in [5.41, 5.74) is 7.62. The van der Waals surface area contributed by atoms with E-state index in [1.807, 2.05) is 29.2 Å². The molecule has 0 aliphatic rings. The molecule has 0 aliphatic heterocycles. The predicted molar refractivity (Wildman–Crippen MR) is 76.3 cm³/mol. The van der Waals surface area contributed by atoms with Gasteiger partial charge in [-0.05, 0) is 37.0 Å². The lowest BCUT2D eigenvalue weighted by Gasteiger charge is -2.21. The van der Waals surface area contributed by atoms with Crippen molar-refractivity contribution in [1.82, 2.24) is 4.90 Å². The Kier molecular flexibility index (Phi) is 6.26. The first-order chi connectivity index (χ1) is 8.67. The molecule has 1 amide bonds. The van der Waals surface area contributed by atoms with Crippen LogP contribution in [0.5, 0.6) is 0 Å². The van der Waals surface area contributed by atoms with E-state index in [4.69, 9.17) is 5.73 Å². The minimum absolute atomic E-state index is 0.251.